The summed E-state index contributed by atoms with van der Waals surface area (Å²) in [5.41, 5.74) is 2.76. The van der Waals surface area contributed by atoms with E-state index in [1.807, 2.05) is 0 Å². The predicted octanol–water partition coefficient (Wildman–Crippen LogP) is 2.86. The van der Waals surface area contributed by atoms with Crippen LogP contribution in [0.4, 0.5) is 5.69 Å². The zero-order valence-electron chi connectivity index (χ0n) is 13.7. The molecule has 6 heteroatoms. The van der Waals surface area contributed by atoms with E-state index in [1.165, 1.54) is 0 Å². The van der Waals surface area contributed by atoms with Crippen molar-refractivity contribution in [1.29, 1.82) is 0 Å². The molecular formula is C19H17ClN2O3. The van der Waals surface area contributed by atoms with Crippen molar-refractivity contribution in [3.05, 3.63) is 64.2 Å². The van der Waals surface area contributed by atoms with Crippen molar-refractivity contribution in [2.24, 2.45) is 0 Å². The summed E-state index contributed by atoms with van der Waals surface area (Å²) in [5, 5.41) is 3.28. The molecule has 2 aromatic carbocycles. The standard InChI is InChI=1S/C19H17ClN2O3/c1-22-16-7-4-13(10-14(16)11-18(22)24)17(23)8-9-21-19(25)12-2-5-15(20)6-3-12/h2-7,10H,8-9,11H2,1H3,(H,21,25). The van der Waals surface area contributed by atoms with Crippen LogP contribution in [0, 0.1) is 0 Å². The van der Waals surface area contributed by atoms with Crippen LogP contribution in [0.2, 0.25) is 5.02 Å². The Hall–Kier alpha value is -2.66. The van der Waals surface area contributed by atoms with Gasteiger partial charge in [0, 0.05) is 41.9 Å². The third-order valence-electron chi connectivity index (χ3n) is 4.22. The number of rotatable bonds is 5. The van der Waals surface area contributed by atoms with Gasteiger partial charge in [-0.25, -0.2) is 0 Å². The summed E-state index contributed by atoms with van der Waals surface area (Å²) in [6, 6.07) is 11.8. The maximum atomic E-state index is 12.3. The highest BCUT2D eigenvalue weighted by molar-refractivity contribution is 6.30. The van der Waals surface area contributed by atoms with Gasteiger partial charge in [-0.2, -0.15) is 0 Å². The van der Waals surface area contributed by atoms with E-state index in [0.717, 1.165) is 11.3 Å². The lowest BCUT2D eigenvalue weighted by atomic mass is 10.0. The summed E-state index contributed by atoms with van der Waals surface area (Å²) in [4.78, 5) is 37.6. The Morgan fingerprint density at radius 1 is 1.12 bits per heavy atom. The van der Waals surface area contributed by atoms with Crippen LogP contribution in [0.15, 0.2) is 42.5 Å². The second-order valence-electron chi connectivity index (χ2n) is 5.91. The van der Waals surface area contributed by atoms with Crippen molar-refractivity contribution in [3.8, 4) is 0 Å². The number of carbonyl (C=O) groups is 3. The average Bonchev–Trinajstić information content (AvgIpc) is 2.89. The molecule has 0 bridgehead atoms. The van der Waals surface area contributed by atoms with Gasteiger partial charge in [0.05, 0.1) is 6.42 Å². The highest BCUT2D eigenvalue weighted by atomic mass is 35.5. The maximum absolute atomic E-state index is 12.3. The SMILES string of the molecule is CN1C(=O)Cc2cc(C(=O)CCNC(=O)c3ccc(Cl)cc3)ccc21. The zero-order chi connectivity index (χ0) is 18.0. The van der Waals surface area contributed by atoms with Crippen LogP contribution in [0.3, 0.4) is 0 Å². The van der Waals surface area contributed by atoms with E-state index in [4.69, 9.17) is 11.6 Å². The first-order valence-electron chi connectivity index (χ1n) is 7.92. The van der Waals surface area contributed by atoms with Crippen molar-refractivity contribution in [1.82, 2.24) is 5.32 Å². The summed E-state index contributed by atoms with van der Waals surface area (Å²) in [6.07, 6.45) is 0.516. The van der Waals surface area contributed by atoms with Gasteiger partial charge in [-0.1, -0.05) is 11.6 Å². The van der Waals surface area contributed by atoms with Crippen LogP contribution in [-0.2, 0) is 11.2 Å². The van der Waals surface area contributed by atoms with Crippen LogP contribution in [0.25, 0.3) is 0 Å². The molecule has 128 valence electrons. The minimum atomic E-state index is -0.245. The van der Waals surface area contributed by atoms with Gasteiger partial charge in [-0.3, -0.25) is 14.4 Å². The molecule has 3 rings (SSSR count). The number of fused-ring (bicyclic) bond motifs is 1. The van der Waals surface area contributed by atoms with E-state index in [0.29, 0.717) is 22.6 Å². The molecule has 0 aliphatic carbocycles. The van der Waals surface area contributed by atoms with Gasteiger partial charge >= 0.3 is 0 Å². The summed E-state index contributed by atoms with van der Waals surface area (Å²) >= 11 is 5.79. The Kier molecular flexibility index (Phi) is 4.86. The number of halogens is 1. The molecule has 1 aliphatic rings. The largest absolute Gasteiger partial charge is 0.352 e. The highest BCUT2D eigenvalue weighted by Crippen LogP contribution is 2.28. The Morgan fingerprint density at radius 3 is 2.52 bits per heavy atom. The molecule has 0 fully saturated rings. The molecule has 1 N–H and O–H groups in total. The number of carbonyl (C=O) groups excluding carboxylic acids is 3. The van der Waals surface area contributed by atoms with Crippen LogP contribution in [-0.4, -0.2) is 31.2 Å². The van der Waals surface area contributed by atoms with E-state index in [9.17, 15) is 14.4 Å². The molecule has 2 amide bonds. The molecule has 5 nitrogen and oxygen atoms in total. The summed E-state index contributed by atoms with van der Waals surface area (Å²) in [6.45, 7) is 0.246. The Bertz CT molecular complexity index is 846. The van der Waals surface area contributed by atoms with Crippen LogP contribution in [0.5, 0.6) is 0 Å². The number of Topliss-reactive ketones (excluding diaryl/α,β-unsaturated/α-hetero) is 1. The lowest BCUT2D eigenvalue weighted by molar-refractivity contribution is -0.117. The lowest BCUT2D eigenvalue weighted by Gasteiger charge is -2.10. The third-order valence-corrected chi connectivity index (χ3v) is 4.47. The monoisotopic (exact) mass is 356 g/mol. The number of anilines is 1. The number of nitrogens with one attached hydrogen (secondary N) is 1. The number of nitrogens with zero attached hydrogens (tertiary/aromatic N) is 1. The molecule has 1 aliphatic heterocycles. The Balaban J connectivity index is 1.56. The highest BCUT2D eigenvalue weighted by Gasteiger charge is 2.24. The first-order chi connectivity index (χ1) is 12.0. The summed E-state index contributed by atoms with van der Waals surface area (Å²) < 4.78 is 0. The quantitative estimate of drug-likeness (QED) is 0.838. The molecule has 0 aromatic heterocycles. The first-order valence-corrected chi connectivity index (χ1v) is 8.30. The van der Waals surface area contributed by atoms with Gasteiger partial charge in [0.25, 0.3) is 5.91 Å². The molecule has 0 spiro atoms. The summed E-state index contributed by atoms with van der Waals surface area (Å²) in [7, 11) is 1.72. The smallest absolute Gasteiger partial charge is 0.251 e. The minimum Gasteiger partial charge on any atom is -0.352 e. The third kappa shape index (κ3) is 3.72. The Labute approximate surface area is 150 Å². The molecule has 2 aromatic rings. The second kappa shape index (κ2) is 7.07. The molecule has 0 atom stereocenters. The molecule has 0 saturated carbocycles. The van der Waals surface area contributed by atoms with Crippen LogP contribution >= 0.6 is 11.6 Å². The number of likely N-dealkylation sites (N-methyl/N-ethyl adjacent to an activating group) is 1. The first kappa shape index (κ1) is 17.2. The molecule has 0 unspecified atom stereocenters. The van der Waals surface area contributed by atoms with E-state index >= 15 is 0 Å². The van der Waals surface area contributed by atoms with Crippen molar-refractivity contribution in [3.63, 3.8) is 0 Å². The normalized spacial score (nSPS) is 12.9. The van der Waals surface area contributed by atoms with E-state index in [-0.39, 0.29) is 30.6 Å². The number of amides is 2. The van der Waals surface area contributed by atoms with Gasteiger partial charge in [-0.15, -0.1) is 0 Å². The van der Waals surface area contributed by atoms with Gasteiger partial charge in [0.15, 0.2) is 5.78 Å². The van der Waals surface area contributed by atoms with Gasteiger partial charge in [0.1, 0.15) is 0 Å². The fourth-order valence-electron chi connectivity index (χ4n) is 2.78. The number of hydrogen-bond acceptors (Lipinski definition) is 3. The molecule has 0 radical (unpaired) electrons. The zero-order valence-corrected chi connectivity index (χ0v) is 14.5. The van der Waals surface area contributed by atoms with E-state index < -0.39 is 0 Å². The number of benzene rings is 2. The number of hydrogen-bond donors (Lipinski definition) is 1. The minimum absolute atomic E-state index is 0.0230. The van der Waals surface area contributed by atoms with Crippen molar-refractivity contribution >= 4 is 34.9 Å². The van der Waals surface area contributed by atoms with Crippen molar-refractivity contribution < 1.29 is 14.4 Å². The topological polar surface area (TPSA) is 66.5 Å². The fourth-order valence-corrected chi connectivity index (χ4v) is 2.91. The van der Waals surface area contributed by atoms with E-state index in [1.54, 1.807) is 54.4 Å². The van der Waals surface area contributed by atoms with Crippen molar-refractivity contribution in [2.75, 3.05) is 18.5 Å². The van der Waals surface area contributed by atoms with Gasteiger partial charge < -0.3 is 10.2 Å². The molecular weight excluding hydrogens is 340 g/mol. The lowest BCUT2D eigenvalue weighted by Crippen LogP contribution is -2.26. The van der Waals surface area contributed by atoms with Gasteiger partial charge in [-0.05, 0) is 48.0 Å². The Morgan fingerprint density at radius 2 is 1.80 bits per heavy atom. The molecule has 1 heterocycles. The van der Waals surface area contributed by atoms with Crippen molar-refractivity contribution in [2.45, 2.75) is 12.8 Å². The van der Waals surface area contributed by atoms with Gasteiger partial charge in [0.2, 0.25) is 5.91 Å². The average molecular weight is 357 g/mol. The number of ketones is 1. The molecule has 0 saturated heterocycles. The predicted molar refractivity (Wildman–Crippen MR) is 96.3 cm³/mol. The second-order valence-corrected chi connectivity index (χ2v) is 6.35. The summed E-state index contributed by atoms with van der Waals surface area (Å²) in [5.74, 6) is -0.290. The van der Waals surface area contributed by atoms with Crippen LogP contribution in [0.1, 0.15) is 32.7 Å². The molecule has 25 heavy (non-hydrogen) atoms. The maximum Gasteiger partial charge on any atom is 0.251 e. The van der Waals surface area contributed by atoms with Crippen LogP contribution < -0.4 is 10.2 Å². The van der Waals surface area contributed by atoms with E-state index in [2.05, 4.69) is 5.32 Å². The fraction of sp³-hybridized carbons (Fsp3) is 0.211.